The SMILES string of the molecule is CC1(C)CC(=O)C2=C(C1)Nc1ncnn1C2c1c(Cl)cccc1Cl. The highest BCUT2D eigenvalue weighted by Crippen LogP contribution is 2.47. The molecule has 1 N–H and O–H groups in total. The van der Waals surface area contributed by atoms with Crippen LogP contribution in [0.2, 0.25) is 10.0 Å². The van der Waals surface area contributed by atoms with Crippen molar-refractivity contribution in [1.82, 2.24) is 14.8 Å². The number of anilines is 1. The molecule has 0 saturated carbocycles. The highest BCUT2D eigenvalue weighted by molar-refractivity contribution is 6.36. The summed E-state index contributed by atoms with van der Waals surface area (Å²) in [7, 11) is 0. The van der Waals surface area contributed by atoms with Crippen molar-refractivity contribution in [2.24, 2.45) is 5.41 Å². The Bertz CT molecular complexity index is 864. The van der Waals surface area contributed by atoms with Gasteiger partial charge in [-0.25, -0.2) is 4.68 Å². The molecule has 2 aromatic rings. The number of fused-ring (bicyclic) bond motifs is 1. The van der Waals surface area contributed by atoms with Crippen molar-refractivity contribution >= 4 is 34.9 Å². The standard InChI is InChI=1S/C17H16Cl2N4O/c1-17(2)6-11-14(12(24)7-17)15(23-16(22-11)20-8-21-23)13-9(18)4-3-5-10(13)19/h3-5,8,15H,6-7H2,1-2H3,(H,20,21,22). The number of nitrogens with one attached hydrogen (secondary N) is 1. The first-order valence-corrected chi connectivity index (χ1v) is 8.50. The van der Waals surface area contributed by atoms with Crippen LogP contribution in [0.5, 0.6) is 0 Å². The van der Waals surface area contributed by atoms with Crippen molar-refractivity contribution in [3.8, 4) is 0 Å². The summed E-state index contributed by atoms with van der Waals surface area (Å²) >= 11 is 12.9. The van der Waals surface area contributed by atoms with E-state index < -0.39 is 6.04 Å². The molecule has 24 heavy (non-hydrogen) atoms. The molecular weight excluding hydrogens is 347 g/mol. The predicted molar refractivity (Wildman–Crippen MR) is 93.3 cm³/mol. The third-order valence-corrected chi connectivity index (χ3v) is 5.21. The molecule has 2 heterocycles. The van der Waals surface area contributed by atoms with Crippen molar-refractivity contribution in [2.45, 2.75) is 32.7 Å². The second kappa shape index (κ2) is 5.33. The van der Waals surface area contributed by atoms with E-state index in [2.05, 4.69) is 29.2 Å². The molecule has 0 spiro atoms. The summed E-state index contributed by atoms with van der Waals surface area (Å²) < 4.78 is 1.68. The van der Waals surface area contributed by atoms with E-state index in [4.69, 9.17) is 23.2 Å². The molecule has 0 saturated heterocycles. The van der Waals surface area contributed by atoms with Gasteiger partial charge in [0, 0.05) is 33.3 Å². The molecule has 1 aromatic heterocycles. The minimum Gasteiger partial charge on any atom is -0.328 e. The van der Waals surface area contributed by atoms with Crippen LogP contribution in [0.4, 0.5) is 5.95 Å². The number of hydrogen-bond acceptors (Lipinski definition) is 4. The second-order valence-electron chi connectivity index (χ2n) is 7.02. The van der Waals surface area contributed by atoms with E-state index in [1.54, 1.807) is 22.9 Å². The lowest BCUT2D eigenvalue weighted by Gasteiger charge is -2.38. The normalized spacial score (nSPS) is 22.0. The Labute approximate surface area is 149 Å². The first kappa shape index (κ1) is 15.7. The number of halogens is 2. The molecule has 0 amide bonds. The largest absolute Gasteiger partial charge is 0.328 e. The van der Waals surface area contributed by atoms with Gasteiger partial charge in [0.2, 0.25) is 5.95 Å². The van der Waals surface area contributed by atoms with Gasteiger partial charge in [0.1, 0.15) is 12.4 Å². The van der Waals surface area contributed by atoms with Crippen LogP contribution in [0.15, 0.2) is 35.8 Å². The van der Waals surface area contributed by atoms with Gasteiger partial charge >= 0.3 is 0 Å². The minimum absolute atomic E-state index is 0.0934. The molecule has 1 unspecified atom stereocenters. The number of nitrogens with zero attached hydrogens (tertiary/aromatic N) is 3. The van der Waals surface area contributed by atoms with Crippen molar-refractivity contribution in [3.05, 3.63) is 51.4 Å². The number of benzene rings is 1. The number of allylic oxidation sites excluding steroid dienone is 2. The van der Waals surface area contributed by atoms with Gasteiger partial charge in [-0.2, -0.15) is 10.1 Å². The Hall–Kier alpha value is -1.85. The molecule has 1 atom stereocenters. The van der Waals surface area contributed by atoms with Crippen LogP contribution in [0.1, 0.15) is 38.3 Å². The molecule has 0 radical (unpaired) electrons. The summed E-state index contributed by atoms with van der Waals surface area (Å²) in [5.74, 6) is 0.691. The van der Waals surface area contributed by atoms with E-state index in [0.29, 0.717) is 33.6 Å². The summed E-state index contributed by atoms with van der Waals surface area (Å²) in [5, 5.41) is 8.59. The zero-order valence-electron chi connectivity index (χ0n) is 13.3. The molecule has 1 aliphatic carbocycles. The van der Waals surface area contributed by atoms with Crippen LogP contribution >= 0.6 is 23.2 Å². The summed E-state index contributed by atoms with van der Waals surface area (Å²) in [6.07, 6.45) is 2.71. The van der Waals surface area contributed by atoms with E-state index >= 15 is 0 Å². The fraction of sp³-hybridized carbons (Fsp3) is 0.353. The molecule has 1 aliphatic heterocycles. The number of hydrogen-bond donors (Lipinski definition) is 1. The van der Waals surface area contributed by atoms with Crippen LogP contribution in [-0.2, 0) is 4.79 Å². The molecule has 1 aromatic carbocycles. The topological polar surface area (TPSA) is 59.8 Å². The van der Waals surface area contributed by atoms with Gasteiger partial charge in [-0.3, -0.25) is 4.79 Å². The van der Waals surface area contributed by atoms with Crippen molar-refractivity contribution in [2.75, 3.05) is 5.32 Å². The molecule has 0 bridgehead atoms. The molecule has 2 aliphatic rings. The van der Waals surface area contributed by atoms with E-state index in [-0.39, 0.29) is 11.2 Å². The fourth-order valence-corrected chi connectivity index (χ4v) is 4.19. The summed E-state index contributed by atoms with van der Waals surface area (Å²) in [4.78, 5) is 17.2. The molecule has 124 valence electrons. The second-order valence-corrected chi connectivity index (χ2v) is 7.84. The maximum atomic E-state index is 12.9. The average Bonchev–Trinajstić information content (AvgIpc) is 2.92. The maximum Gasteiger partial charge on any atom is 0.226 e. The van der Waals surface area contributed by atoms with Gasteiger partial charge in [-0.15, -0.1) is 0 Å². The zero-order chi connectivity index (χ0) is 17.1. The zero-order valence-corrected chi connectivity index (χ0v) is 14.8. The van der Waals surface area contributed by atoms with Crippen LogP contribution in [0.25, 0.3) is 0 Å². The first-order chi connectivity index (χ1) is 11.4. The lowest BCUT2D eigenvalue weighted by Crippen LogP contribution is -2.36. The number of carbonyl (C=O) groups is 1. The molecule has 4 rings (SSSR count). The Balaban J connectivity index is 1.97. The molecule has 7 heteroatoms. The van der Waals surface area contributed by atoms with Gasteiger partial charge in [-0.1, -0.05) is 43.1 Å². The van der Waals surface area contributed by atoms with Gasteiger partial charge < -0.3 is 5.32 Å². The van der Waals surface area contributed by atoms with Crippen LogP contribution in [-0.4, -0.2) is 20.5 Å². The van der Waals surface area contributed by atoms with Crippen LogP contribution in [0.3, 0.4) is 0 Å². The van der Waals surface area contributed by atoms with E-state index in [1.807, 2.05) is 0 Å². The van der Waals surface area contributed by atoms with E-state index in [1.165, 1.54) is 6.33 Å². The Morgan fingerprint density at radius 3 is 2.67 bits per heavy atom. The number of rotatable bonds is 1. The number of Topliss-reactive ketones (excluding diaryl/α,β-unsaturated/α-hetero) is 1. The summed E-state index contributed by atoms with van der Waals surface area (Å²) in [6, 6.07) is 4.89. The van der Waals surface area contributed by atoms with Crippen LogP contribution in [0, 0.1) is 5.41 Å². The quantitative estimate of drug-likeness (QED) is 0.823. The van der Waals surface area contributed by atoms with E-state index in [9.17, 15) is 4.79 Å². The Kier molecular flexibility index (Phi) is 3.48. The van der Waals surface area contributed by atoms with Crippen molar-refractivity contribution in [3.63, 3.8) is 0 Å². The summed E-state index contributed by atoms with van der Waals surface area (Å²) in [5.41, 5.74) is 2.16. The van der Waals surface area contributed by atoms with Gasteiger partial charge in [0.05, 0.1) is 0 Å². The lowest BCUT2D eigenvalue weighted by atomic mass is 9.73. The molecular formula is C17H16Cl2N4O. The molecule has 5 nitrogen and oxygen atoms in total. The smallest absolute Gasteiger partial charge is 0.226 e. The van der Waals surface area contributed by atoms with Crippen molar-refractivity contribution < 1.29 is 4.79 Å². The Morgan fingerprint density at radius 2 is 1.96 bits per heavy atom. The lowest BCUT2D eigenvalue weighted by molar-refractivity contribution is -0.118. The molecule has 0 fully saturated rings. The monoisotopic (exact) mass is 362 g/mol. The highest BCUT2D eigenvalue weighted by Gasteiger charge is 2.42. The number of ketones is 1. The highest BCUT2D eigenvalue weighted by atomic mass is 35.5. The number of carbonyl (C=O) groups excluding carboxylic acids is 1. The predicted octanol–water partition coefficient (Wildman–Crippen LogP) is 4.24. The fourth-order valence-electron chi connectivity index (χ4n) is 3.59. The minimum atomic E-state index is -0.455. The summed E-state index contributed by atoms with van der Waals surface area (Å²) in [6.45, 7) is 4.18. The third kappa shape index (κ3) is 2.34. The average molecular weight is 363 g/mol. The van der Waals surface area contributed by atoms with Gasteiger partial charge in [0.15, 0.2) is 5.78 Å². The van der Waals surface area contributed by atoms with Crippen LogP contribution < -0.4 is 5.32 Å². The van der Waals surface area contributed by atoms with Gasteiger partial charge in [0.25, 0.3) is 0 Å². The Morgan fingerprint density at radius 1 is 1.25 bits per heavy atom. The van der Waals surface area contributed by atoms with Gasteiger partial charge in [-0.05, 0) is 24.0 Å². The number of aromatic nitrogens is 3. The first-order valence-electron chi connectivity index (χ1n) is 7.74. The third-order valence-electron chi connectivity index (χ3n) is 4.55. The van der Waals surface area contributed by atoms with E-state index in [0.717, 1.165) is 12.1 Å². The van der Waals surface area contributed by atoms with Crippen molar-refractivity contribution in [1.29, 1.82) is 0 Å². The maximum absolute atomic E-state index is 12.9.